The van der Waals surface area contributed by atoms with Crippen LogP contribution in [0.15, 0.2) is 41.5 Å². The standard InChI is InChI=1S/C22H29N3O5S/c1-7-18(17-11-12-19(29-4)20(13-17)30-5)23-24-21(26)14-25(31(6,27)28)22-15(2)9-8-10-16(22)3/h8-13H,7,14H2,1-6H3,(H,24,26)/b23-18-. The van der Waals surface area contributed by atoms with E-state index >= 15 is 0 Å². The number of carbonyl (C=O) groups is 1. The first-order valence-electron chi connectivity index (χ1n) is 9.74. The van der Waals surface area contributed by atoms with Gasteiger partial charge >= 0.3 is 0 Å². The van der Waals surface area contributed by atoms with Crippen LogP contribution in [0.1, 0.15) is 30.0 Å². The fraction of sp³-hybridized carbons (Fsp3) is 0.364. The van der Waals surface area contributed by atoms with Gasteiger partial charge in [0, 0.05) is 5.56 Å². The third-order valence-corrected chi connectivity index (χ3v) is 5.86. The van der Waals surface area contributed by atoms with Crippen LogP contribution in [0.2, 0.25) is 0 Å². The van der Waals surface area contributed by atoms with Crippen molar-refractivity contribution >= 4 is 27.3 Å². The fourth-order valence-corrected chi connectivity index (χ4v) is 4.19. The Hall–Kier alpha value is -3.07. The van der Waals surface area contributed by atoms with Gasteiger partial charge in [0.1, 0.15) is 6.54 Å². The highest BCUT2D eigenvalue weighted by molar-refractivity contribution is 7.92. The van der Waals surface area contributed by atoms with Crippen molar-refractivity contribution in [2.75, 3.05) is 31.3 Å². The Morgan fingerprint density at radius 2 is 1.68 bits per heavy atom. The van der Waals surface area contributed by atoms with Crippen molar-refractivity contribution in [2.45, 2.75) is 27.2 Å². The van der Waals surface area contributed by atoms with Crippen molar-refractivity contribution in [2.24, 2.45) is 5.10 Å². The van der Waals surface area contributed by atoms with Gasteiger partial charge in [-0.25, -0.2) is 13.8 Å². The maximum atomic E-state index is 12.6. The van der Waals surface area contributed by atoms with E-state index in [0.29, 0.717) is 29.3 Å². The Labute approximate surface area is 183 Å². The van der Waals surface area contributed by atoms with Gasteiger partial charge in [-0.2, -0.15) is 5.10 Å². The monoisotopic (exact) mass is 447 g/mol. The molecule has 0 aromatic heterocycles. The number of amides is 1. The average Bonchev–Trinajstić information content (AvgIpc) is 2.72. The summed E-state index contributed by atoms with van der Waals surface area (Å²) in [6.07, 6.45) is 1.62. The van der Waals surface area contributed by atoms with Gasteiger partial charge < -0.3 is 9.47 Å². The molecule has 1 N–H and O–H groups in total. The van der Waals surface area contributed by atoms with E-state index in [1.165, 1.54) is 0 Å². The second-order valence-corrected chi connectivity index (χ2v) is 8.93. The summed E-state index contributed by atoms with van der Waals surface area (Å²) in [4.78, 5) is 12.6. The van der Waals surface area contributed by atoms with Crippen LogP contribution in [0.5, 0.6) is 11.5 Å². The number of hydrogen-bond acceptors (Lipinski definition) is 6. The van der Waals surface area contributed by atoms with Crippen molar-refractivity contribution in [3.63, 3.8) is 0 Å². The lowest BCUT2D eigenvalue weighted by Gasteiger charge is -2.25. The van der Waals surface area contributed by atoms with Gasteiger partial charge in [0.05, 0.1) is 31.9 Å². The van der Waals surface area contributed by atoms with Gasteiger partial charge in [0.2, 0.25) is 10.0 Å². The molecule has 0 aliphatic heterocycles. The molecule has 0 fully saturated rings. The Kier molecular flexibility index (Phi) is 8.04. The number of rotatable bonds is 9. The lowest BCUT2D eigenvalue weighted by molar-refractivity contribution is -0.119. The summed E-state index contributed by atoms with van der Waals surface area (Å²) < 4.78 is 36.5. The lowest BCUT2D eigenvalue weighted by atomic mass is 10.1. The summed E-state index contributed by atoms with van der Waals surface area (Å²) in [5.41, 5.74) is 5.89. The van der Waals surface area contributed by atoms with Crippen LogP contribution in [0.3, 0.4) is 0 Å². The van der Waals surface area contributed by atoms with E-state index in [4.69, 9.17) is 9.47 Å². The SMILES string of the molecule is CC/C(=N/NC(=O)CN(c1c(C)cccc1C)S(C)(=O)=O)c1ccc(OC)c(OC)c1. The van der Waals surface area contributed by atoms with Crippen molar-refractivity contribution in [1.29, 1.82) is 0 Å². The number of para-hydroxylation sites is 1. The quantitative estimate of drug-likeness (QED) is 0.471. The molecule has 0 aliphatic carbocycles. The molecule has 0 saturated heterocycles. The summed E-state index contributed by atoms with van der Waals surface area (Å²) in [7, 11) is -0.584. The summed E-state index contributed by atoms with van der Waals surface area (Å²) in [5, 5.41) is 4.22. The number of ether oxygens (including phenoxy) is 2. The first-order valence-corrected chi connectivity index (χ1v) is 11.6. The van der Waals surface area contributed by atoms with Crippen LogP contribution in [-0.4, -0.2) is 47.1 Å². The first-order chi connectivity index (χ1) is 14.6. The largest absolute Gasteiger partial charge is 0.493 e. The minimum absolute atomic E-state index is 0.378. The van der Waals surface area contributed by atoms with E-state index in [9.17, 15) is 13.2 Å². The highest BCUT2D eigenvalue weighted by Gasteiger charge is 2.23. The van der Waals surface area contributed by atoms with Gasteiger partial charge in [-0.15, -0.1) is 0 Å². The Balaban J connectivity index is 2.27. The molecule has 9 heteroatoms. The molecule has 0 spiro atoms. The second kappa shape index (κ2) is 10.3. The summed E-state index contributed by atoms with van der Waals surface area (Å²) in [6, 6.07) is 10.8. The number of anilines is 1. The molecule has 0 unspecified atom stereocenters. The van der Waals surface area contributed by atoms with E-state index in [1.54, 1.807) is 26.4 Å². The number of carbonyl (C=O) groups excluding carboxylic acids is 1. The van der Waals surface area contributed by atoms with Crippen LogP contribution in [0.4, 0.5) is 5.69 Å². The second-order valence-electron chi connectivity index (χ2n) is 7.03. The van der Waals surface area contributed by atoms with Gasteiger partial charge in [-0.3, -0.25) is 9.10 Å². The molecular weight excluding hydrogens is 418 g/mol. The summed E-state index contributed by atoms with van der Waals surface area (Å²) in [6.45, 7) is 5.14. The van der Waals surface area contributed by atoms with Crippen molar-refractivity contribution in [1.82, 2.24) is 5.43 Å². The zero-order valence-corrected chi connectivity index (χ0v) is 19.5. The van der Waals surface area contributed by atoms with Crippen molar-refractivity contribution in [3.8, 4) is 11.5 Å². The zero-order valence-electron chi connectivity index (χ0n) is 18.7. The van der Waals surface area contributed by atoms with Crippen LogP contribution < -0.4 is 19.2 Å². The lowest BCUT2D eigenvalue weighted by Crippen LogP contribution is -2.40. The number of aryl methyl sites for hydroxylation is 2. The van der Waals surface area contributed by atoms with Crippen LogP contribution in [0, 0.1) is 13.8 Å². The number of methoxy groups -OCH3 is 2. The van der Waals surface area contributed by atoms with Gasteiger partial charge in [0.15, 0.2) is 11.5 Å². The van der Waals surface area contributed by atoms with Crippen molar-refractivity contribution < 1.29 is 22.7 Å². The number of hydrazone groups is 1. The molecule has 0 atom stereocenters. The molecule has 8 nitrogen and oxygen atoms in total. The van der Waals surface area contributed by atoms with Gasteiger partial charge in [0.25, 0.3) is 5.91 Å². The van der Waals surface area contributed by atoms with Gasteiger partial charge in [-0.05, 0) is 49.6 Å². The van der Waals surface area contributed by atoms with Crippen LogP contribution in [0.25, 0.3) is 0 Å². The third-order valence-electron chi connectivity index (χ3n) is 4.74. The van der Waals surface area contributed by atoms with Crippen molar-refractivity contribution in [3.05, 3.63) is 53.1 Å². The third kappa shape index (κ3) is 5.97. The Bertz CT molecular complexity index is 1060. The number of nitrogens with one attached hydrogen (secondary N) is 1. The Morgan fingerprint density at radius 1 is 1.06 bits per heavy atom. The predicted molar refractivity (Wildman–Crippen MR) is 123 cm³/mol. The molecule has 0 heterocycles. The summed E-state index contributed by atoms with van der Waals surface area (Å²) >= 11 is 0. The highest BCUT2D eigenvalue weighted by Crippen LogP contribution is 2.28. The summed E-state index contributed by atoms with van der Waals surface area (Å²) in [5.74, 6) is 0.591. The highest BCUT2D eigenvalue weighted by atomic mass is 32.2. The molecule has 0 aliphatic rings. The van der Waals surface area contributed by atoms with E-state index in [2.05, 4.69) is 10.5 Å². The topological polar surface area (TPSA) is 97.3 Å². The minimum atomic E-state index is -3.68. The molecule has 31 heavy (non-hydrogen) atoms. The van der Waals surface area contributed by atoms with E-state index in [0.717, 1.165) is 27.3 Å². The smallest absolute Gasteiger partial charge is 0.260 e. The van der Waals surface area contributed by atoms with E-state index in [-0.39, 0.29) is 6.54 Å². The van der Waals surface area contributed by atoms with E-state index in [1.807, 2.05) is 45.0 Å². The molecule has 2 aromatic rings. The molecule has 0 bridgehead atoms. The van der Waals surface area contributed by atoms with Crippen LogP contribution >= 0.6 is 0 Å². The number of hydrogen-bond donors (Lipinski definition) is 1. The number of nitrogens with zero attached hydrogens (tertiary/aromatic N) is 2. The maximum absolute atomic E-state index is 12.6. The molecular formula is C22H29N3O5S. The minimum Gasteiger partial charge on any atom is -0.493 e. The maximum Gasteiger partial charge on any atom is 0.260 e. The fourth-order valence-electron chi connectivity index (χ4n) is 3.22. The first kappa shape index (κ1) is 24.2. The van der Waals surface area contributed by atoms with E-state index < -0.39 is 15.9 Å². The molecule has 0 saturated carbocycles. The van der Waals surface area contributed by atoms with Gasteiger partial charge in [-0.1, -0.05) is 25.1 Å². The Morgan fingerprint density at radius 3 is 2.19 bits per heavy atom. The number of benzene rings is 2. The average molecular weight is 448 g/mol. The molecule has 168 valence electrons. The normalized spacial score (nSPS) is 11.7. The molecule has 2 aromatic carbocycles. The van der Waals surface area contributed by atoms with Crippen LogP contribution in [-0.2, 0) is 14.8 Å². The predicted octanol–water partition coefficient (Wildman–Crippen LogP) is 3.02. The number of sulfonamides is 1. The zero-order chi connectivity index (χ0) is 23.2. The molecule has 1 amide bonds. The molecule has 2 rings (SSSR count). The molecule has 0 radical (unpaired) electrons.